The average molecular weight is 352 g/mol. The number of rotatable bonds is 3. The van der Waals surface area contributed by atoms with E-state index >= 15 is 0 Å². The van der Waals surface area contributed by atoms with E-state index < -0.39 is 4.92 Å². The third-order valence-corrected chi connectivity index (χ3v) is 3.73. The molecule has 0 atom stereocenters. The highest BCUT2D eigenvalue weighted by Crippen LogP contribution is 2.30. The van der Waals surface area contributed by atoms with Gasteiger partial charge in [-0.15, -0.1) is 0 Å². The van der Waals surface area contributed by atoms with Gasteiger partial charge in [-0.05, 0) is 24.3 Å². The zero-order valence-corrected chi connectivity index (χ0v) is 13.4. The molecule has 0 amide bonds. The highest BCUT2D eigenvalue weighted by molar-refractivity contribution is 6.30. The lowest BCUT2D eigenvalue weighted by Crippen LogP contribution is -2.03. The first-order chi connectivity index (χ1) is 12.0. The lowest BCUT2D eigenvalue weighted by atomic mass is 10.1. The van der Waals surface area contributed by atoms with Crippen LogP contribution in [0.4, 0.5) is 11.5 Å². The Balaban J connectivity index is 2.21. The fourth-order valence-electron chi connectivity index (χ4n) is 2.29. The number of anilines is 1. The summed E-state index contributed by atoms with van der Waals surface area (Å²) in [7, 11) is 0. The van der Waals surface area contributed by atoms with Crippen LogP contribution in [-0.4, -0.2) is 14.9 Å². The zero-order chi connectivity index (χ0) is 18.0. The van der Waals surface area contributed by atoms with Crippen LogP contribution in [0.1, 0.15) is 5.56 Å². The molecule has 2 aromatic carbocycles. The molecule has 0 radical (unpaired) electrons. The number of hydrogen-bond donors (Lipinski definition) is 1. The second kappa shape index (κ2) is 6.55. The number of nitro groups is 1. The molecule has 2 N–H and O–H groups in total. The van der Waals surface area contributed by atoms with Crippen molar-refractivity contribution in [3.8, 4) is 28.7 Å². The molecule has 0 saturated carbocycles. The molecule has 0 spiro atoms. The Hall–Kier alpha value is -3.50. The van der Waals surface area contributed by atoms with E-state index in [2.05, 4.69) is 9.97 Å². The van der Waals surface area contributed by atoms with Crippen molar-refractivity contribution in [3.63, 3.8) is 0 Å². The van der Waals surface area contributed by atoms with Gasteiger partial charge < -0.3 is 5.73 Å². The van der Waals surface area contributed by atoms with Crippen molar-refractivity contribution in [2.75, 3.05) is 5.73 Å². The van der Waals surface area contributed by atoms with Crippen LogP contribution in [0, 0.1) is 21.4 Å². The van der Waals surface area contributed by atoms with E-state index in [1.165, 1.54) is 18.2 Å². The number of nitrogens with zero attached hydrogens (tertiary/aromatic N) is 4. The summed E-state index contributed by atoms with van der Waals surface area (Å²) in [5.74, 6) is 0.304. The number of hydrogen-bond acceptors (Lipinski definition) is 6. The van der Waals surface area contributed by atoms with Gasteiger partial charge in [-0.2, -0.15) is 5.26 Å². The fourth-order valence-corrected chi connectivity index (χ4v) is 2.42. The van der Waals surface area contributed by atoms with Crippen LogP contribution < -0.4 is 5.73 Å². The molecule has 122 valence electrons. The molecule has 7 nitrogen and oxygen atoms in total. The number of nitrogen functional groups attached to an aromatic ring is 1. The lowest BCUT2D eigenvalue weighted by Gasteiger charge is -2.09. The van der Waals surface area contributed by atoms with Crippen LogP contribution >= 0.6 is 11.6 Å². The third kappa shape index (κ3) is 3.24. The first kappa shape index (κ1) is 16.4. The molecule has 0 aliphatic carbocycles. The number of nitro benzene ring substituents is 1. The maximum Gasteiger partial charge on any atom is 0.270 e. The Bertz CT molecular complexity index is 1010. The van der Waals surface area contributed by atoms with Gasteiger partial charge in [0.1, 0.15) is 17.5 Å². The molecule has 0 unspecified atom stereocenters. The molecule has 1 heterocycles. The SMILES string of the molecule is N#Cc1c(N)nc(-c2ccc(Cl)cc2)nc1-c1cccc([N+](=O)[O-])c1. The summed E-state index contributed by atoms with van der Waals surface area (Å²) in [5, 5.41) is 20.9. The molecule has 0 aliphatic rings. The Morgan fingerprint density at radius 2 is 1.84 bits per heavy atom. The zero-order valence-electron chi connectivity index (χ0n) is 12.7. The molecule has 1 aromatic heterocycles. The van der Waals surface area contributed by atoms with Gasteiger partial charge in [0.15, 0.2) is 5.82 Å². The number of nitrogens with two attached hydrogens (primary N) is 1. The molecular weight excluding hydrogens is 342 g/mol. The quantitative estimate of drug-likeness (QED) is 0.565. The van der Waals surface area contributed by atoms with Crippen molar-refractivity contribution in [2.45, 2.75) is 0 Å². The molecule has 25 heavy (non-hydrogen) atoms. The topological polar surface area (TPSA) is 119 Å². The smallest absolute Gasteiger partial charge is 0.270 e. The second-order valence-corrected chi connectivity index (χ2v) is 5.52. The number of non-ortho nitro benzene ring substituents is 1. The Morgan fingerprint density at radius 1 is 1.12 bits per heavy atom. The summed E-state index contributed by atoms with van der Waals surface area (Å²) in [6.07, 6.45) is 0. The highest BCUT2D eigenvalue weighted by atomic mass is 35.5. The summed E-state index contributed by atoms with van der Waals surface area (Å²) in [6, 6.07) is 14.6. The minimum absolute atomic E-state index is 0.00366. The van der Waals surface area contributed by atoms with Crippen molar-refractivity contribution in [2.24, 2.45) is 0 Å². The lowest BCUT2D eigenvalue weighted by molar-refractivity contribution is -0.384. The van der Waals surface area contributed by atoms with Gasteiger partial charge in [0.2, 0.25) is 0 Å². The van der Waals surface area contributed by atoms with Crippen molar-refractivity contribution in [3.05, 3.63) is 69.2 Å². The molecule has 0 saturated heterocycles. The van der Waals surface area contributed by atoms with Crippen LogP contribution in [-0.2, 0) is 0 Å². The highest BCUT2D eigenvalue weighted by Gasteiger charge is 2.17. The molecular formula is C17H10ClN5O2. The standard InChI is InChI=1S/C17H10ClN5O2/c18-12-6-4-10(5-7-12)17-21-15(14(9-19)16(20)22-17)11-2-1-3-13(8-11)23(24)25/h1-8H,(H2,20,21,22). The molecule has 0 aliphatic heterocycles. The first-order valence-electron chi connectivity index (χ1n) is 7.08. The summed E-state index contributed by atoms with van der Waals surface area (Å²) < 4.78 is 0. The van der Waals surface area contributed by atoms with Gasteiger partial charge in [-0.25, -0.2) is 9.97 Å². The van der Waals surface area contributed by atoms with Gasteiger partial charge in [0, 0.05) is 28.3 Å². The van der Waals surface area contributed by atoms with Gasteiger partial charge in [-0.1, -0.05) is 23.7 Å². The van der Waals surface area contributed by atoms with E-state index in [1.807, 2.05) is 6.07 Å². The largest absolute Gasteiger partial charge is 0.382 e. The van der Waals surface area contributed by atoms with Crippen molar-refractivity contribution in [1.82, 2.24) is 9.97 Å². The average Bonchev–Trinajstić information content (AvgIpc) is 2.61. The Kier molecular flexibility index (Phi) is 4.29. The van der Waals surface area contributed by atoms with Gasteiger partial charge in [0.05, 0.1) is 10.6 Å². The molecule has 3 rings (SSSR count). The van der Waals surface area contributed by atoms with Crippen LogP contribution in [0.15, 0.2) is 48.5 Å². The molecule has 0 bridgehead atoms. The summed E-state index contributed by atoms with van der Waals surface area (Å²) in [4.78, 5) is 19.0. The molecule has 8 heteroatoms. The third-order valence-electron chi connectivity index (χ3n) is 3.48. The maximum absolute atomic E-state index is 11.0. The maximum atomic E-state index is 11.0. The van der Waals surface area contributed by atoms with E-state index in [0.717, 1.165) is 0 Å². The van der Waals surface area contributed by atoms with Crippen LogP contribution in [0.3, 0.4) is 0 Å². The number of benzene rings is 2. The molecule has 0 fully saturated rings. The molecule has 3 aromatic rings. The monoisotopic (exact) mass is 351 g/mol. The van der Waals surface area contributed by atoms with E-state index in [4.69, 9.17) is 17.3 Å². The van der Waals surface area contributed by atoms with Crippen LogP contribution in [0.25, 0.3) is 22.6 Å². The Morgan fingerprint density at radius 3 is 2.48 bits per heavy atom. The predicted molar refractivity (Wildman–Crippen MR) is 93.7 cm³/mol. The van der Waals surface area contributed by atoms with Crippen molar-refractivity contribution < 1.29 is 4.92 Å². The van der Waals surface area contributed by atoms with Gasteiger partial charge in [0.25, 0.3) is 5.69 Å². The van der Waals surface area contributed by atoms with E-state index in [9.17, 15) is 15.4 Å². The number of halogens is 1. The first-order valence-corrected chi connectivity index (χ1v) is 7.46. The van der Waals surface area contributed by atoms with E-state index in [0.29, 0.717) is 22.0 Å². The van der Waals surface area contributed by atoms with E-state index in [-0.39, 0.29) is 22.8 Å². The van der Waals surface area contributed by atoms with Crippen molar-refractivity contribution >= 4 is 23.1 Å². The van der Waals surface area contributed by atoms with Gasteiger partial charge >= 0.3 is 0 Å². The second-order valence-electron chi connectivity index (χ2n) is 5.08. The minimum atomic E-state index is -0.514. The number of aromatic nitrogens is 2. The van der Waals surface area contributed by atoms with E-state index in [1.54, 1.807) is 30.3 Å². The van der Waals surface area contributed by atoms with Crippen LogP contribution in [0.2, 0.25) is 5.02 Å². The summed E-state index contributed by atoms with van der Waals surface area (Å²) >= 11 is 5.88. The van der Waals surface area contributed by atoms with Crippen LogP contribution in [0.5, 0.6) is 0 Å². The summed E-state index contributed by atoms with van der Waals surface area (Å²) in [6.45, 7) is 0. The summed E-state index contributed by atoms with van der Waals surface area (Å²) in [5.41, 5.74) is 7.18. The normalized spacial score (nSPS) is 10.2. The minimum Gasteiger partial charge on any atom is -0.382 e. The Labute approximate surface area is 147 Å². The predicted octanol–water partition coefficient (Wildman–Crippen LogP) is 3.83. The van der Waals surface area contributed by atoms with Crippen molar-refractivity contribution in [1.29, 1.82) is 5.26 Å². The fraction of sp³-hybridized carbons (Fsp3) is 0. The number of nitriles is 1. The van der Waals surface area contributed by atoms with Gasteiger partial charge in [-0.3, -0.25) is 10.1 Å².